The fourth-order valence-corrected chi connectivity index (χ4v) is 3.64. The fraction of sp³-hybridized carbons (Fsp3) is 0.0952. The topological polar surface area (TPSA) is 151 Å². The van der Waals surface area contributed by atoms with Crippen LogP contribution in [-0.4, -0.2) is 22.0 Å². The van der Waals surface area contributed by atoms with Crippen LogP contribution >= 0.6 is 22.6 Å². The molecule has 2 aromatic carbocycles. The van der Waals surface area contributed by atoms with E-state index in [-0.39, 0.29) is 12.3 Å². The van der Waals surface area contributed by atoms with Crippen molar-refractivity contribution in [1.82, 2.24) is 9.97 Å². The van der Waals surface area contributed by atoms with Crippen molar-refractivity contribution in [2.75, 3.05) is 7.11 Å². The summed E-state index contributed by atoms with van der Waals surface area (Å²) in [5.41, 5.74) is -1.12. The average Bonchev–Trinajstić information content (AvgIpc) is 2.75. The van der Waals surface area contributed by atoms with Gasteiger partial charge in [-0.05, 0) is 52.4 Å². The number of nitriles is 1. The van der Waals surface area contributed by atoms with Crippen LogP contribution in [0.3, 0.4) is 0 Å². The first-order chi connectivity index (χ1) is 15.3. The Hall–Kier alpha value is -3.92. The van der Waals surface area contributed by atoms with E-state index in [0.29, 0.717) is 26.2 Å². The standard InChI is InChI=1S/C21H15IN4O6/c1-31-17-9-12(6-7-16-18(26(29)30)20(27)25-21(28)24-16)8-15(22)19(17)32-11-14-5-3-2-4-13(14)10-23/h2-9H,11H2,1H3,(H2,24,25,27,28)/b7-6-. The van der Waals surface area contributed by atoms with E-state index >= 15 is 0 Å². The number of benzene rings is 2. The molecule has 0 saturated heterocycles. The summed E-state index contributed by atoms with van der Waals surface area (Å²) in [7, 11) is 1.47. The summed E-state index contributed by atoms with van der Waals surface area (Å²) < 4.78 is 12.0. The van der Waals surface area contributed by atoms with Gasteiger partial charge in [-0.1, -0.05) is 24.3 Å². The largest absolute Gasteiger partial charge is 0.493 e. The number of nitrogens with one attached hydrogen (secondary N) is 2. The van der Waals surface area contributed by atoms with Crippen molar-refractivity contribution >= 4 is 40.4 Å². The van der Waals surface area contributed by atoms with Crippen LogP contribution in [-0.2, 0) is 6.61 Å². The highest BCUT2D eigenvalue weighted by Gasteiger charge is 2.19. The molecule has 0 saturated carbocycles. The molecule has 10 nitrogen and oxygen atoms in total. The third kappa shape index (κ3) is 5.03. The summed E-state index contributed by atoms with van der Waals surface area (Å²) in [6, 6.07) is 12.6. The lowest BCUT2D eigenvalue weighted by molar-refractivity contribution is -0.386. The lowest BCUT2D eigenvalue weighted by atomic mass is 10.1. The molecule has 0 atom stereocenters. The minimum absolute atomic E-state index is 0.158. The lowest BCUT2D eigenvalue weighted by Gasteiger charge is -2.14. The number of H-pyrrole nitrogens is 2. The third-order valence-electron chi connectivity index (χ3n) is 4.33. The second-order valence-corrected chi connectivity index (χ2v) is 7.51. The van der Waals surface area contributed by atoms with Crippen molar-refractivity contribution in [3.05, 3.63) is 93.3 Å². The predicted molar refractivity (Wildman–Crippen MR) is 124 cm³/mol. The van der Waals surface area contributed by atoms with E-state index in [2.05, 4.69) is 33.6 Å². The molecule has 0 amide bonds. The van der Waals surface area contributed by atoms with Gasteiger partial charge < -0.3 is 14.5 Å². The molecule has 32 heavy (non-hydrogen) atoms. The van der Waals surface area contributed by atoms with Crippen molar-refractivity contribution in [2.24, 2.45) is 0 Å². The van der Waals surface area contributed by atoms with Crippen LogP contribution in [0, 0.1) is 25.0 Å². The molecular weight excluding hydrogens is 531 g/mol. The molecule has 0 bridgehead atoms. The SMILES string of the molecule is COc1cc(/C=C\c2[nH]c(=O)[nH]c(=O)c2[N+](=O)[O-])cc(I)c1OCc1ccccc1C#N. The van der Waals surface area contributed by atoms with Crippen molar-refractivity contribution in [3.63, 3.8) is 0 Å². The number of hydrogen-bond acceptors (Lipinski definition) is 7. The number of hydrogen-bond donors (Lipinski definition) is 2. The molecule has 0 unspecified atom stereocenters. The van der Waals surface area contributed by atoms with Gasteiger partial charge in [0.1, 0.15) is 12.3 Å². The number of aromatic amines is 2. The fourth-order valence-electron chi connectivity index (χ4n) is 2.86. The smallest absolute Gasteiger partial charge is 0.357 e. The Labute approximate surface area is 194 Å². The van der Waals surface area contributed by atoms with E-state index in [9.17, 15) is 25.0 Å². The van der Waals surface area contributed by atoms with Gasteiger partial charge in [0, 0.05) is 5.56 Å². The summed E-state index contributed by atoms with van der Waals surface area (Å²) in [6.07, 6.45) is 2.76. The number of nitrogens with zero attached hydrogens (tertiary/aromatic N) is 2. The van der Waals surface area contributed by atoms with E-state index in [1.165, 1.54) is 19.3 Å². The van der Waals surface area contributed by atoms with E-state index in [1.54, 1.807) is 30.3 Å². The van der Waals surface area contributed by atoms with Crippen LogP contribution in [0.5, 0.6) is 11.5 Å². The zero-order valence-electron chi connectivity index (χ0n) is 16.5. The molecule has 0 spiro atoms. The summed E-state index contributed by atoms with van der Waals surface area (Å²) in [5, 5.41) is 20.4. The van der Waals surface area contributed by atoms with Crippen molar-refractivity contribution < 1.29 is 14.4 Å². The second-order valence-electron chi connectivity index (χ2n) is 6.35. The Morgan fingerprint density at radius 3 is 2.66 bits per heavy atom. The van der Waals surface area contributed by atoms with Gasteiger partial charge in [0.15, 0.2) is 11.5 Å². The Morgan fingerprint density at radius 1 is 1.22 bits per heavy atom. The molecular formula is C21H15IN4O6. The maximum Gasteiger partial charge on any atom is 0.357 e. The van der Waals surface area contributed by atoms with Crippen molar-refractivity contribution in [1.29, 1.82) is 5.26 Å². The maximum atomic E-state index is 11.7. The average molecular weight is 546 g/mol. The van der Waals surface area contributed by atoms with Crippen molar-refractivity contribution in [3.8, 4) is 17.6 Å². The predicted octanol–water partition coefficient (Wildman–Crippen LogP) is 3.21. The van der Waals surface area contributed by atoms with Gasteiger partial charge in [0.05, 0.1) is 27.2 Å². The molecule has 2 N–H and O–H groups in total. The molecule has 1 aromatic heterocycles. The highest BCUT2D eigenvalue weighted by Crippen LogP contribution is 2.35. The van der Waals surface area contributed by atoms with Crippen LogP contribution in [0.4, 0.5) is 5.69 Å². The quantitative estimate of drug-likeness (QED) is 0.262. The minimum atomic E-state index is -1.09. The first-order valence-corrected chi connectivity index (χ1v) is 10.1. The molecule has 0 fully saturated rings. The molecule has 11 heteroatoms. The number of aromatic nitrogens is 2. The molecule has 3 rings (SSSR count). The zero-order chi connectivity index (χ0) is 23.3. The van der Waals surface area contributed by atoms with Crippen LogP contribution in [0.2, 0.25) is 0 Å². The molecule has 1 heterocycles. The minimum Gasteiger partial charge on any atom is -0.493 e. The molecule has 3 aromatic rings. The zero-order valence-corrected chi connectivity index (χ0v) is 18.7. The first-order valence-electron chi connectivity index (χ1n) is 9.01. The second kappa shape index (κ2) is 9.92. The van der Waals surface area contributed by atoms with Gasteiger partial charge in [-0.25, -0.2) is 4.79 Å². The Balaban J connectivity index is 1.92. The van der Waals surface area contributed by atoms with Crippen LogP contribution in [0.1, 0.15) is 22.4 Å². The van der Waals surface area contributed by atoms with Crippen LogP contribution in [0.25, 0.3) is 12.2 Å². The highest BCUT2D eigenvalue weighted by molar-refractivity contribution is 14.1. The van der Waals surface area contributed by atoms with Gasteiger partial charge in [0.25, 0.3) is 0 Å². The van der Waals surface area contributed by atoms with Gasteiger partial charge in [-0.3, -0.25) is 19.9 Å². The summed E-state index contributed by atoms with van der Waals surface area (Å²) in [6.45, 7) is 0.158. The number of rotatable bonds is 7. The number of halogens is 1. The molecule has 162 valence electrons. The van der Waals surface area contributed by atoms with Gasteiger partial charge in [-0.15, -0.1) is 0 Å². The van der Waals surface area contributed by atoms with Crippen LogP contribution < -0.4 is 20.7 Å². The van der Waals surface area contributed by atoms with E-state index in [1.807, 2.05) is 11.1 Å². The van der Waals surface area contributed by atoms with Gasteiger partial charge >= 0.3 is 16.9 Å². The summed E-state index contributed by atoms with van der Waals surface area (Å²) in [5.74, 6) is 0.869. The number of nitro groups is 1. The highest BCUT2D eigenvalue weighted by atomic mass is 127. The molecule has 0 aliphatic heterocycles. The Kier molecular flexibility index (Phi) is 7.06. The molecule has 0 aliphatic rings. The van der Waals surface area contributed by atoms with E-state index in [4.69, 9.17) is 9.47 Å². The maximum absolute atomic E-state index is 11.7. The first kappa shape index (κ1) is 22.8. The molecule has 0 aliphatic carbocycles. The Bertz CT molecular complexity index is 1370. The lowest BCUT2D eigenvalue weighted by Crippen LogP contribution is -2.25. The summed E-state index contributed by atoms with van der Waals surface area (Å²) >= 11 is 2.05. The number of ether oxygens (including phenoxy) is 2. The van der Waals surface area contributed by atoms with E-state index in [0.717, 1.165) is 5.56 Å². The van der Waals surface area contributed by atoms with E-state index < -0.39 is 21.9 Å². The third-order valence-corrected chi connectivity index (χ3v) is 5.13. The normalized spacial score (nSPS) is 10.7. The van der Waals surface area contributed by atoms with Crippen molar-refractivity contribution in [2.45, 2.75) is 6.61 Å². The van der Waals surface area contributed by atoms with Crippen LogP contribution in [0.15, 0.2) is 46.0 Å². The monoisotopic (exact) mass is 546 g/mol. The van der Waals surface area contributed by atoms with Gasteiger partial charge in [0.2, 0.25) is 0 Å². The van der Waals surface area contributed by atoms with Gasteiger partial charge in [-0.2, -0.15) is 5.26 Å². The Morgan fingerprint density at radius 2 is 1.97 bits per heavy atom. The number of methoxy groups -OCH3 is 1. The summed E-state index contributed by atoms with van der Waals surface area (Å²) in [4.78, 5) is 37.6. The molecule has 0 radical (unpaired) electrons.